The second-order valence-electron chi connectivity index (χ2n) is 5.66. The SMILES string of the molecule is Cc1ccc(-c2[nH]ncc2CNc2ccc(CCO)cc2)cc1. The van der Waals surface area contributed by atoms with Crippen LogP contribution in [0.1, 0.15) is 16.7 Å². The lowest BCUT2D eigenvalue weighted by molar-refractivity contribution is 0.299. The third-order valence-corrected chi connectivity index (χ3v) is 3.90. The summed E-state index contributed by atoms with van der Waals surface area (Å²) in [6, 6.07) is 16.6. The number of hydrogen-bond acceptors (Lipinski definition) is 3. The molecule has 1 aromatic heterocycles. The molecule has 23 heavy (non-hydrogen) atoms. The Bertz CT molecular complexity index is 745. The summed E-state index contributed by atoms with van der Waals surface area (Å²) >= 11 is 0. The van der Waals surface area contributed by atoms with Gasteiger partial charge in [0.2, 0.25) is 0 Å². The summed E-state index contributed by atoms with van der Waals surface area (Å²) in [5, 5.41) is 19.6. The molecule has 0 bridgehead atoms. The molecule has 0 aliphatic rings. The minimum atomic E-state index is 0.182. The number of aromatic amines is 1. The van der Waals surface area contributed by atoms with Crippen LogP contribution >= 0.6 is 0 Å². The van der Waals surface area contributed by atoms with Crippen molar-refractivity contribution in [3.05, 3.63) is 71.4 Å². The predicted molar refractivity (Wildman–Crippen MR) is 93.3 cm³/mol. The van der Waals surface area contributed by atoms with Gasteiger partial charge in [-0.25, -0.2) is 0 Å². The topological polar surface area (TPSA) is 60.9 Å². The zero-order valence-electron chi connectivity index (χ0n) is 13.2. The molecule has 0 amide bonds. The maximum Gasteiger partial charge on any atom is 0.0700 e. The number of H-pyrrole nitrogens is 1. The van der Waals surface area contributed by atoms with E-state index in [2.05, 4.69) is 46.7 Å². The first-order valence-electron chi connectivity index (χ1n) is 7.79. The Labute approximate surface area is 136 Å². The van der Waals surface area contributed by atoms with Crippen LogP contribution in [0, 0.1) is 6.92 Å². The normalized spacial score (nSPS) is 10.7. The van der Waals surface area contributed by atoms with E-state index in [9.17, 15) is 0 Å². The van der Waals surface area contributed by atoms with Gasteiger partial charge in [-0.05, 0) is 36.6 Å². The molecular formula is C19H21N3O. The van der Waals surface area contributed by atoms with Gasteiger partial charge in [-0.3, -0.25) is 5.10 Å². The Hall–Kier alpha value is -2.59. The van der Waals surface area contributed by atoms with E-state index in [0.29, 0.717) is 13.0 Å². The fourth-order valence-electron chi connectivity index (χ4n) is 2.53. The average Bonchev–Trinajstić information content (AvgIpc) is 3.04. The van der Waals surface area contributed by atoms with Crippen molar-refractivity contribution in [3.63, 3.8) is 0 Å². The molecule has 0 fully saturated rings. The predicted octanol–water partition coefficient (Wildman–Crippen LogP) is 3.53. The highest BCUT2D eigenvalue weighted by Gasteiger charge is 2.07. The standard InChI is InChI=1S/C19H21N3O/c1-14-2-6-16(7-3-14)19-17(13-21-22-19)12-20-18-8-4-15(5-9-18)10-11-23/h2-9,13,20,23H,10-12H2,1H3,(H,21,22). The third kappa shape index (κ3) is 3.79. The summed E-state index contributed by atoms with van der Waals surface area (Å²) in [6.45, 7) is 2.97. The smallest absolute Gasteiger partial charge is 0.0700 e. The number of aliphatic hydroxyl groups excluding tert-OH is 1. The molecule has 0 saturated heterocycles. The van der Waals surface area contributed by atoms with Crippen molar-refractivity contribution in [1.29, 1.82) is 0 Å². The van der Waals surface area contributed by atoms with Crippen LogP contribution in [-0.2, 0) is 13.0 Å². The zero-order valence-corrected chi connectivity index (χ0v) is 13.2. The molecule has 3 rings (SSSR count). The van der Waals surface area contributed by atoms with Crippen molar-refractivity contribution in [2.45, 2.75) is 19.9 Å². The number of aryl methyl sites for hydroxylation is 1. The van der Waals surface area contributed by atoms with Crippen LogP contribution in [-0.4, -0.2) is 21.9 Å². The van der Waals surface area contributed by atoms with Crippen molar-refractivity contribution in [3.8, 4) is 11.3 Å². The van der Waals surface area contributed by atoms with Gasteiger partial charge in [-0.1, -0.05) is 42.0 Å². The Morgan fingerprint density at radius 2 is 1.78 bits per heavy atom. The second kappa shape index (κ2) is 7.11. The molecule has 118 valence electrons. The Balaban J connectivity index is 1.69. The molecule has 0 spiro atoms. The first-order valence-corrected chi connectivity index (χ1v) is 7.79. The van der Waals surface area contributed by atoms with E-state index >= 15 is 0 Å². The highest BCUT2D eigenvalue weighted by Crippen LogP contribution is 2.22. The summed E-state index contributed by atoms with van der Waals surface area (Å²) in [4.78, 5) is 0. The van der Waals surface area contributed by atoms with Crippen LogP contribution < -0.4 is 5.32 Å². The van der Waals surface area contributed by atoms with Crippen LogP contribution in [0.2, 0.25) is 0 Å². The minimum absolute atomic E-state index is 0.182. The molecule has 1 heterocycles. The highest BCUT2D eigenvalue weighted by atomic mass is 16.2. The van der Waals surface area contributed by atoms with Crippen LogP contribution in [0.15, 0.2) is 54.7 Å². The van der Waals surface area contributed by atoms with Gasteiger partial charge in [0.15, 0.2) is 0 Å². The quantitative estimate of drug-likeness (QED) is 0.653. The van der Waals surface area contributed by atoms with E-state index in [1.165, 1.54) is 5.56 Å². The number of benzene rings is 2. The van der Waals surface area contributed by atoms with Gasteiger partial charge >= 0.3 is 0 Å². The van der Waals surface area contributed by atoms with Gasteiger partial charge < -0.3 is 10.4 Å². The molecule has 0 aliphatic heterocycles. The van der Waals surface area contributed by atoms with E-state index in [-0.39, 0.29) is 6.61 Å². The molecule has 4 heteroatoms. The molecule has 3 N–H and O–H groups in total. The minimum Gasteiger partial charge on any atom is -0.396 e. The Kier molecular flexibility index (Phi) is 4.74. The average molecular weight is 307 g/mol. The lowest BCUT2D eigenvalue weighted by atomic mass is 10.1. The molecule has 0 atom stereocenters. The van der Waals surface area contributed by atoms with Crippen molar-refractivity contribution in [2.75, 3.05) is 11.9 Å². The maximum atomic E-state index is 8.95. The monoisotopic (exact) mass is 307 g/mol. The second-order valence-corrected chi connectivity index (χ2v) is 5.66. The molecule has 0 radical (unpaired) electrons. The highest BCUT2D eigenvalue weighted by molar-refractivity contribution is 5.63. The number of rotatable bonds is 6. The number of hydrogen-bond donors (Lipinski definition) is 3. The van der Waals surface area contributed by atoms with E-state index in [1.54, 1.807) is 0 Å². The van der Waals surface area contributed by atoms with E-state index in [4.69, 9.17) is 5.11 Å². The van der Waals surface area contributed by atoms with Crippen LogP contribution in [0.5, 0.6) is 0 Å². The molecule has 2 aromatic carbocycles. The summed E-state index contributed by atoms with van der Waals surface area (Å²) in [6.07, 6.45) is 2.56. The summed E-state index contributed by atoms with van der Waals surface area (Å²) < 4.78 is 0. The van der Waals surface area contributed by atoms with Crippen molar-refractivity contribution < 1.29 is 5.11 Å². The summed E-state index contributed by atoms with van der Waals surface area (Å²) in [5.74, 6) is 0. The van der Waals surface area contributed by atoms with Gasteiger partial charge in [0, 0.05) is 24.4 Å². The maximum absolute atomic E-state index is 8.95. The fourth-order valence-corrected chi connectivity index (χ4v) is 2.53. The first-order chi connectivity index (χ1) is 11.3. The van der Waals surface area contributed by atoms with Gasteiger partial charge in [0.1, 0.15) is 0 Å². The van der Waals surface area contributed by atoms with E-state index < -0.39 is 0 Å². The van der Waals surface area contributed by atoms with Gasteiger partial charge in [0.25, 0.3) is 0 Å². The zero-order chi connectivity index (χ0) is 16.1. The van der Waals surface area contributed by atoms with Crippen LogP contribution in [0.25, 0.3) is 11.3 Å². The Morgan fingerprint density at radius 1 is 1.04 bits per heavy atom. The van der Waals surface area contributed by atoms with E-state index in [0.717, 1.165) is 28.1 Å². The number of nitrogens with one attached hydrogen (secondary N) is 2. The molecule has 3 aromatic rings. The van der Waals surface area contributed by atoms with Crippen LogP contribution in [0.4, 0.5) is 5.69 Å². The molecule has 4 nitrogen and oxygen atoms in total. The number of aromatic nitrogens is 2. The van der Waals surface area contributed by atoms with Crippen molar-refractivity contribution in [1.82, 2.24) is 10.2 Å². The fraction of sp³-hybridized carbons (Fsp3) is 0.211. The van der Waals surface area contributed by atoms with Crippen molar-refractivity contribution in [2.24, 2.45) is 0 Å². The largest absolute Gasteiger partial charge is 0.396 e. The number of nitrogens with zero attached hydrogens (tertiary/aromatic N) is 1. The molecule has 0 unspecified atom stereocenters. The number of anilines is 1. The summed E-state index contributed by atoms with van der Waals surface area (Å²) in [7, 11) is 0. The van der Waals surface area contributed by atoms with Gasteiger partial charge in [0.05, 0.1) is 11.9 Å². The lowest BCUT2D eigenvalue weighted by Gasteiger charge is -2.08. The van der Waals surface area contributed by atoms with Crippen molar-refractivity contribution >= 4 is 5.69 Å². The molecule has 0 aliphatic carbocycles. The van der Waals surface area contributed by atoms with Gasteiger partial charge in [-0.15, -0.1) is 0 Å². The molecular weight excluding hydrogens is 286 g/mol. The van der Waals surface area contributed by atoms with E-state index in [1.807, 2.05) is 30.5 Å². The van der Waals surface area contributed by atoms with Crippen LogP contribution in [0.3, 0.4) is 0 Å². The summed E-state index contributed by atoms with van der Waals surface area (Å²) in [5.41, 5.74) is 6.77. The number of aliphatic hydroxyl groups is 1. The molecule has 0 saturated carbocycles. The third-order valence-electron chi connectivity index (χ3n) is 3.90. The Morgan fingerprint density at radius 3 is 2.48 bits per heavy atom. The lowest BCUT2D eigenvalue weighted by Crippen LogP contribution is -2.00. The first kappa shape index (κ1) is 15.3. The van der Waals surface area contributed by atoms with Gasteiger partial charge in [-0.2, -0.15) is 5.10 Å².